The molecule has 0 unspecified atom stereocenters. The average Bonchev–Trinajstić information content (AvgIpc) is 2.28. The van der Waals surface area contributed by atoms with Crippen molar-refractivity contribution >= 4 is 11.6 Å². The minimum Gasteiger partial charge on any atom is -0.496 e. The molecular weight excluding hydrogens is 238 g/mol. The molecule has 1 aromatic heterocycles. The maximum absolute atomic E-state index is 5.74. The van der Waals surface area contributed by atoms with Gasteiger partial charge in [0.2, 0.25) is 5.28 Å². The Morgan fingerprint density at radius 1 is 1.24 bits per heavy atom. The van der Waals surface area contributed by atoms with Crippen LogP contribution in [-0.2, 0) is 0 Å². The van der Waals surface area contributed by atoms with E-state index < -0.39 is 0 Å². The first-order valence-electron chi connectivity index (χ1n) is 5.12. The van der Waals surface area contributed by atoms with Gasteiger partial charge in [0.15, 0.2) is 0 Å². The maximum Gasteiger partial charge on any atom is 0.243 e. The molecule has 0 aliphatic rings. The van der Waals surface area contributed by atoms with Gasteiger partial charge in [0.25, 0.3) is 0 Å². The highest BCUT2D eigenvalue weighted by Gasteiger charge is 2.11. The van der Waals surface area contributed by atoms with Gasteiger partial charge in [-0.2, -0.15) is 5.10 Å². The van der Waals surface area contributed by atoms with Crippen LogP contribution in [0.4, 0.5) is 0 Å². The third kappa shape index (κ3) is 2.36. The zero-order chi connectivity index (χ0) is 12.4. The second-order valence-corrected chi connectivity index (χ2v) is 4.11. The Labute approximate surface area is 105 Å². The fourth-order valence-electron chi connectivity index (χ4n) is 1.83. The summed E-state index contributed by atoms with van der Waals surface area (Å²) in [6, 6.07) is 4.05. The molecule has 0 amide bonds. The van der Waals surface area contributed by atoms with E-state index in [1.807, 2.05) is 19.9 Å². The summed E-state index contributed by atoms with van der Waals surface area (Å²) in [5, 5.41) is 7.55. The lowest BCUT2D eigenvalue weighted by molar-refractivity contribution is 0.413. The summed E-state index contributed by atoms with van der Waals surface area (Å²) in [6.45, 7) is 4.01. The Balaban J connectivity index is 2.65. The summed E-state index contributed by atoms with van der Waals surface area (Å²) < 4.78 is 5.39. The van der Waals surface area contributed by atoms with Crippen molar-refractivity contribution in [3.05, 3.63) is 34.7 Å². The van der Waals surface area contributed by atoms with Crippen LogP contribution in [0.15, 0.2) is 18.3 Å². The molecule has 2 rings (SSSR count). The molecule has 4 nitrogen and oxygen atoms in total. The van der Waals surface area contributed by atoms with E-state index in [9.17, 15) is 0 Å². The van der Waals surface area contributed by atoms with Crippen molar-refractivity contribution in [1.29, 1.82) is 0 Å². The monoisotopic (exact) mass is 249 g/mol. The van der Waals surface area contributed by atoms with Crippen molar-refractivity contribution < 1.29 is 4.74 Å². The lowest BCUT2D eigenvalue weighted by Gasteiger charge is -2.11. The van der Waals surface area contributed by atoms with Gasteiger partial charge in [-0.05, 0) is 42.6 Å². The van der Waals surface area contributed by atoms with Crippen LogP contribution in [0.5, 0.6) is 5.75 Å². The molecular formula is C12H12ClN3O. The Kier molecular flexibility index (Phi) is 3.24. The summed E-state index contributed by atoms with van der Waals surface area (Å²) >= 11 is 5.74. The Bertz CT molecular complexity index is 557. The summed E-state index contributed by atoms with van der Waals surface area (Å²) in [7, 11) is 1.64. The molecule has 17 heavy (non-hydrogen) atoms. The van der Waals surface area contributed by atoms with Gasteiger partial charge < -0.3 is 4.74 Å². The number of hydrogen-bond acceptors (Lipinski definition) is 4. The lowest BCUT2D eigenvalue weighted by Crippen LogP contribution is -1.96. The van der Waals surface area contributed by atoms with Crippen molar-refractivity contribution in [2.45, 2.75) is 13.8 Å². The van der Waals surface area contributed by atoms with Crippen LogP contribution in [-0.4, -0.2) is 22.3 Å². The van der Waals surface area contributed by atoms with Crippen LogP contribution in [0.25, 0.3) is 11.3 Å². The van der Waals surface area contributed by atoms with Crippen molar-refractivity contribution in [3.8, 4) is 17.0 Å². The van der Waals surface area contributed by atoms with Gasteiger partial charge in [0.05, 0.1) is 19.0 Å². The maximum atomic E-state index is 5.74. The third-order valence-electron chi connectivity index (χ3n) is 2.43. The molecule has 1 aromatic carbocycles. The first-order chi connectivity index (χ1) is 8.11. The number of rotatable bonds is 2. The van der Waals surface area contributed by atoms with Gasteiger partial charge in [0.1, 0.15) is 5.75 Å². The first kappa shape index (κ1) is 11.8. The Morgan fingerprint density at radius 2 is 2.00 bits per heavy atom. The van der Waals surface area contributed by atoms with E-state index in [-0.39, 0.29) is 5.28 Å². The molecule has 1 heterocycles. The fraction of sp³-hybridized carbons (Fsp3) is 0.250. The number of methoxy groups -OCH3 is 1. The quantitative estimate of drug-likeness (QED) is 0.821. The summed E-state index contributed by atoms with van der Waals surface area (Å²) in [4.78, 5) is 4.15. The third-order valence-corrected chi connectivity index (χ3v) is 2.59. The summed E-state index contributed by atoms with van der Waals surface area (Å²) in [5.74, 6) is 0.784. The van der Waals surface area contributed by atoms with E-state index >= 15 is 0 Å². The van der Waals surface area contributed by atoms with Crippen LogP contribution in [0.3, 0.4) is 0 Å². The van der Waals surface area contributed by atoms with Crippen molar-refractivity contribution in [2.75, 3.05) is 7.11 Å². The number of nitrogens with zero attached hydrogens (tertiary/aromatic N) is 3. The van der Waals surface area contributed by atoms with E-state index in [1.54, 1.807) is 13.3 Å². The largest absolute Gasteiger partial charge is 0.496 e. The second-order valence-electron chi connectivity index (χ2n) is 3.77. The van der Waals surface area contributed by atoms with Gasteiger partial charge in [-0.1, -0.05) is 6.07 Å². The molecule has 0 N–H and O–H groups in total. The average molecular weight is 250 g/mol. The van der Waals surface area contributed by atoms with Crippen LogP contribution >= 0.6 is 11.6 Å². The highest BCUT2D eigenvalue weighted by molar-refractivity contribution is 6.28. The molecule has 0 atom stereocenters. The normalized spacial score (nSPS) is 10.4. The van der Waals surface area contributed by atoms with Crippen LogP contribution < -0.4 is 4.74 Å². The zero-order valence-corrected chi connectivity index (χ0v) is 10.6. The van der Waals surface area contributed by atoms with E-state index in [2.05, 4.69) is 21.2 Å². The predicted octanol–water partition coefficient (Wildman–Crippen LogP) is 2.82. The van der Waals surface area contributed by atoms with Crippen molar-refractivity contribution in [1.82, 2.24) is 15.2 Å². The molecule has 88 valence electrons. The molecule has 0 saturated carbocycles. The molecule has 0 aliphatic carbocycles. The highest BCUT2D eigenvalue weighted by Crippen LogP contribution is 2.32. The summed E-state index contributed by atoms with van der Waals surface area (Å²) in [6.07, 6.45) is 1.57. The molecule has 0 spiro atoms. The Hall–Kier alpha value is -1.68. The van der Waals surface area contributed by atoms with E-state index in [4.69, 9.17) is 16.3 Å². The first-order valence-corrected chi connectivity index (χ1v) is 5.50. The SMILES string of the molecule is COc1c(C)cc(C)cc1-c1cnnc(Cl)n1. The number of hydrogen-bond donors (Lipinski definition) is 0. The van der Waals surface area contributed by atoms with Gasteiger partial charge in [0, 0.05) is 5.56 Å². The number of aryl methyl sites for hydroxylation is 2. The minimum absolute atomic E-state index is 0.128. The number of ether oxygens (including phenoxy) is 1. The predicted molar refractivity (Wildman–Crippen MR) is 66.3 cm³/mol. The molecule has 0 fully saturated rings. The summed E-state index contributed by atoms with van der Waals surface area (Å²) in [5.41, 5.74) is 3.72. The molecule has 2 aromatic rings. The van der Waals surface area contributed by atoms with Gasteiger partial charge in [-0.3, -0.25) is 0 Å². The zero-order valence-electron chi connectivity index (χ0n) is 9.86. The lowest BCUT2D eigenvalue weighted by atomic mass is 10.0. The smallest absolute Gasteiger partial charge is 0.243 e. The van der Waals surface area contributed by atoms with Crippen LogP contribution in [0, 0.1) is 13.8 Å². The van der Waals surface area contributed by atoms with Gasteiger partial charge in [-0.25, -0.2) is 4.98 Å². The number of benzene rings is 1. The van der Waals surface area contributed by atoms with Gasteiger partial charge >= 0.3 is 0 Å². The Morgan fingerprint density at radius 3 is 2.65 bits per heavy atom. The highest BCUT2D eigenvalue weighted by atomic mass is 35.5. The van der Waals surface area contributed by atoms with E-state index in [0.717, 1.165) is 22.4 Å². The van der Waals surface area contributed by atoms with Crippen molar-refractivity contribution in [3.63, 3.8) is 0 Å². The van der Waals surface area contributed by atoms with Gasteiger partial charge in [-0.15, -0.1) is 5.10 Å². The van der Waals surface area contributed by atoms with Crippen LogP contribution in [0.2, 0.25) is 5.28 Å². The number of aromatic nitrogens is 3. The fourth-order valence-corrected chi connectivity index (χ4v) is 1.96. The molecule has 0 radical (unpaired) electrons. The standard InChI is InChI=1S/C12H12ClN3O/c1-7-4-8(2)11(17-3)9(5-7)10-6-14-16-12(13)15-10/h4-6H,1-3H3. The van der Waals surface area contributed by atoms with E-state index in [1.165, 1.54) is 0 Å². The molecule has 0 bridgehead atoms. The van der Waals surface area contributed by atoms with Crippen LogP contribution in [0.1, 0.15) is 11.1 Å². The molecule has 0 aliphatic heterocycles. The topological polar surface area (TPSA) is 47.9 Å². The number of halogens is 1. The van der Waals surface area contributed by atoms with E-state index in [0.29, 0.717) is 5.69 Å². The minimum atomic E-state index is 0.128. The second kappa shape index (κ2) is 4.67. The molecule has 0 saturated heterocycles. The van der Waals surface area contributed by atoms with Crippen molar-refractivity contribution in [2.24, 2.45) is 0 Å². The molecule has 5 heteroatoms.